The van der Waals surface area contributed by atoms with Gasteiger partial charge in [-0.25, -0.2) is 9.97 Å². The summed E-state index contributed by atoms with van der Waals surface area (Å²) in [4.78, 5) is 28.5. The van der Waals surface area contributed by atoms with Crippen LogP contribution in [0.2, 0.25) is 0 Å². The van der Waals surface area contributed by atoms with Gasteiger partial charge in [0.1, 0.15) is 17.0 Å². The van der Waals surface area contributed by atoms with E-state index in [2.05, 4.69) is 50.0 Å². The van der Waals surface area contributed by atoms with E-state index in [0.29, 0.717) is 11.4 Å². The Morgan fingerprint density at radius 1 is 1.24 bits per heavy atom. The van der Waals surface area contributed by atoms with Gasteiger partial charge >= 0.3 is 0 Å². The van der Waals surface area contributed by atoms with Crippen molar-refractivity contribution in [3.05, 3.63) is 69.2 Å². The molecule has 0 aromatic carbocycles. The zero-order valence-electron chi connectivity index (χ0n) is 16.2. The SMILES string of the molecule is CC[C@@H](Nc1ncnc2sc(C(=O)NCc3cccnc3)c(C)c12)c1cccs1. The predicted molar refractivity (Wildman–Crippen MR) is 119 cm³/mol. The maximum Gasteiger partial charge on any atom is 0.261 e. The first-order valence-electron chi connectivity index (χ1n) is 9.38. The average molecular weight is 424 g/mol. The molecule has 4 heterocycles. The first-order chi connectivity index (χ1) is 14.2. The molecule has 4 rings (SSSR count). The van der Waals surface area contributed by atoms with Crippen LogP contribution in [0.25, 0.3) is 10.2 Å². The van der Waals surface area contributed by atoms with Crippen molar-refractivity contribution in [2.24, 2.45) is 0 Å². The van der Waals surface area contributed by atoms with E-state index in [4.69, 9.17) is 0 Å². The van der Waals surface area contributed by atoms with Crippen molar-refractivity contribution in [3.63, 3.8) is 0 Å². The molecule has 148 valence electrons. The van der Waals surface area contributed by atoms with Crippen LogP contribution in [0.3, 0.4) is 0 Å². The highest BCUT2D eigenvalue weighted by Crippen LogP contribution is 2.35. The van der Waals surface area contributed by atoms with Gasteiger partial charge in [0.05, 0.1) is 16.3 Å². The van der Waals surface area contributed by atoms with Crippen LogP contribution in [0, 0.1) is 6.92 Å². The zero-order chi connectivity index (χ0) is 20.2. The molecule has 0 spiro atoms. The minimum absolute atomic E-state index is 0.106. The standard InChI is InChI=1S/C21H21N5OS2/c1-3-15(16-7-5-9-28-16)26-19-17-13(2)18(29-21(17)25-12-24-19)20(27)23-11-14-6-4-8-22-10-14/h4-10,12,15H,3,11H2,1-2H3,(H,23,27)(H,24,25,26)/t15-/m1/s1. The number of nitrogens with one attached hydrogen (secondary N) is 2. The Balaban J connectivity index is 1.60. The summed E-state index contributed by atoms with van der Waals surface area (Å²) in [6.07, 6.45) is 5.96. The number of carbonyl (C=O) groups excluding carboxylic acids is 1. The van der Waals surface area contributed by atoms with Crippen molar-refractivity contribution < 1.29 is 4.79 Å². The Morgan fingerprint density at radius 3 is 2.86 bits per heavy atom. The van der Waals surface area contributed by atoms with E-state index in [9.17, 15) is 4.79 Å². The third-order valence-electron chi connectivity index (χ3n) is 4.71. The average Bonchev–Trinajstić information content (AvgIpc) is 3.40. The molecule has 0 saturated carbocycles. The van der Waals surface area contributed by atoms with Gasteiger partial charge in [-0.15, -0.1) is 22.7 Å². The molecule has 0 aliphatic rings. The van der Waals surface area contributed by atoms with Crippen LogP contribution in [0.1, 0.15) is 45.1 Å². The van der Waals surface area contributed by atoms with E-state index in [1.165, 1.54) is 16.2 Å². The van der Waals surface area contributed by atoms with Crippen LogP contribution < -0.4 is 10.6 Å². The molecule has 4 aromatic rings. The molecule has 8 heteroatoms. The van der Waals surface area contributed by atoms with Crippen LogP contribution in [-0.4, -0.2) is 20.9 Å². The Morgan fingerprint density at radius 2 is 2.14 bits per heavy atom. The summed E-state index contributed by atoms with van der Waals surface area (Å²) in [7, 11) is 0. The van der Waals surface area contributed by atoms with Gasteiger partial charge in [-0.3, -0.25) is 9.78 Å². The second kappa shape index (κ2) is 8.67. The summed E-state index contributed by atoms with van der Waals surface area (Å²) in [5, 5.41) is 9.52. The van der Waals surface area contributed by atoms with Crippen LogP contribution in [0.5, 0.6) is 0 Å². The number of rotatable bonds is 7. The lowest BCUT2D eigenvalue weighted by Gasteiger charge is -2.16. The van der Waals surface area contributed by atoms with E-state index in [-0.39, 0.29) is 11.9 Å². The van der Waals surface area contributed by atoms with Crippen molar-refractivity contribution in [1.82, 2.24) is 20.3 Å². The molecule has 0 radical (unpaired) electrons. The molecule has 0 unspecified atom stereocenters. The van der Waals surface area contributed by atoms with Gasteiger partial charge in [-0.1, -0.05) is 19.1 Å². The number of amides is 1. The number of hydrogen-bond acceptors (Lipinski definition) is 7. The summed E-state index contributed by atoms with van der Waals surface area (Å²) in [6, 6.07) is 8.16. The molecule has 0 bridgehead atoms. The van der Waals surface area contributed by atoms with Gasteiger partial charge in [0.25, 0.3) is 5.91 Å². The Hall–Kier alpha value is -2.84. The molecule has 0 aliphatic heterocycles. The largest absolute Gasteiger partial charge is 0.362 e. The minimum atomic E-state index is -0.106. The predicted octanol–water partition coefficient (Wildman–Crippen LogP) is 4.95. The van der Waals surface area contributed by atoms with Gasteiger partial charge in [0, 0.05) is 23.8 Å². The van der Waals surface area contributed by atoms with Crippen LogP contribution in [0.15, 0.2) is 48.4 Å². The molecule has 29 heavy (non-hydrogen) atoms. The molecule has 4 aromatic heterocycles. The second-order valence-corrected chi connectivity index (χ2v) is 8.60. The lowest BCUT2D eigenvalue weighted by Crippen LogP contribution is -2.22. The van der Waals surface area contributed by atoms with Gasteiger partial charge < -0.3 is 10.6 Å². The van der Waals surface area contributed by atoms with Gasteiger partial charge in [0.2, 0.25) is 0 Å². The smallest absolute Gasteiger partial charge is 0.261 e. The van der Waals surface area contributed by atoms with Gasteiger partial charge in [-0.2, -0.15) is 0 Å². The number of thiophene rings is 2. The summed E-state index contributed by atoms with van der Waals surface area (Å²) in [6.45, 7) is 4.54. The fourth-order valence-corrected chi connectivity index (χ4v) is 5.12. The Bertz CT molecular complexity index is 1110. The number of aromatic nitrogens is 3. The van der Waals surface area contributed by atoms with Crippen LogP contribution in [0.4, 0.5) is 5.82 Å². The molecule has 1 amide bonds. The monoisotopic (exact) mass is 423 g/mol. The lowest BCUT2D eigenvalue weighted by molar-refractivity contribution is 0.0954. The van der Waals surface area contributed by atoms with E-state index in [1.807, 2.05) is 19.1 Å². The molecule has 1 atom stereocenters. The van der Waals surface area contributed by atoms with E-state index in [0.717, 1.165) is 33.6 Å². The molecular weight excluding hydrogens is 402 g/mol. The van der Waals surface area contributed by atoms with Crippen molar-refractivity contribution in [2.75, 3.05) is 5.32 Å². The maximum absolute atomic E-state index is 12.8. The minimum Gasteiger partial charge on any atom is -0.362 e. The first kappa shape index (κ1) is 19.5. The summed E-state index contributed by atoms with van der Waals surface area (Å²) < 4.78 is 0. The molecule has 0 fully saturated rings. The van der Waals surface area contributed by atoms with Crippen LogP contribution in [-0.2, 0) is 6.54 Å². The number of carbonyl (C=O) groups is 1. The zero-order valence-corrected chi connectivity index (χ0v) is 17.8. The fraction of sp³-hybridized carbons (Fsp3) is 0.238. The molecule has 0 aliphatic carbocycles. The van der Waals surface area contributed by atoms with Crippen LogP contribution >= 0.6 is 22.7 Å². The first-order valence-corrected chi connectivity index (χ1v) is 11.1. The number of pyridine rings is 1. The molecule has 0 saturated heterocycles. The quantitative estimate of drug-likeness (QED) is 0.440. The van der Waals surface area contributed by atoms with E-state index >= 15 is 0 Å². The molecular formula is C21H21N5OS2. The van der Waals surface area contributed by atoms with Gasteiger partial charge in [0.15, 0.2) is 0 Å². The van der Waals surface area contributed by atoms with Crippen molar-refractivity contribution in [1.29, 1.82) is 0 Å². The fourth-order valence-electron chi connectivity index (χ4n) is 3.19. The molecule has 2 N–H and O–H groups in total. The van der Waals surface area contributed by atoms with Crippen molar-refractivity contribution in [2.45, 2.75) is 32.9 Å². The van der Waals surface area contributed by atoms with Gasteiger partial charge in [-0.05, 0) is 42.0 Å². The highest BCUT2D eigenvalue weighted by Gasteiger charge is 2.21. The molecule has 6 nitrogen and oxygen atoms in total. The second-order valence-electron chi connectivity index (χ2n) is 6.62. The Labute approximate surface area is 177 Å². The topological polar surface area (TPSA) is 79.8 Å². The lowest BCUT2D eigenvalue weighted by atomic mass is 10.1. The summed E-state index contributed by atoms with van der Waals surface area (Å²) >= 11 is 3.12. The third kappa shape index (κ3) is 4.13. The number of nitrogens with zero attached hydrogens (tertiary/aromatic N) is 3. The number of hydrogen-bond donors (Lipinski definition) is 2. The highest BCUT2D eigenvalue weighted by atomic mass is 32.1. The van der Waals surface area contributed by atoms with Crippen molar-refractivity contribution >= 4 is 44.6 Å². The summed E-state index contributed by atoms with van der Waals surface area (Å²) in [5.41, 5.74) is 1.86. The number of fused-ring (bicyclic) bond motifs is 1. The summed E-state index contributed by atoms with van der Waals surface area (Å²) in [5.74, 6) is 0.668. The maximum atomic E-state index is 12.8. The Kier molecular flexibility index (Phi) is 5.82. The van der Waals surface area contributed by atoms with Crippen molar-refractivity contribution in [3.8, 4) is 0 Å². The number of aryl methyl sites for hydroxylation is 1. The van der Waals surface area contributed by atoms with E-state index < -0.39 is 0 Å². The third-order valence-corrected chi connectivity index (χ3v) is 6.90. The van der Waals surface area contributed by atoms with E-state index in [1.54, 1.807) is 30.1 Å². The normalized spacial score (nSPS) is 12.1. The number of anilines is 1. The highest BCUT2D eigenvalue weighted by molar-refractivity contribution is 7.20.